The molecule has 112 valence electrons. The summed E-state index contributed by atoms with van der Waals surface area (Å²) in [5, 5.41) is 0. The van der Waals surface area contributed by atoms with Crippen molar-refractivity contribution in [1.29, 1.82) is 0 Å². The summed E-state index contributed by atoms with van der Waals surface area (Å²) in [5.74, 6) is -0.636. The minimum absolute atomic E-state index is 0.114. The van der Waals surface area contributed by atoms with E-state index in [1.807, 2.05) is 30.3 Å². The van der Waals surface area contributed by atoms with E-state index in [4.69, 9.17) is 5.73 Å². The van der Waals surface area contributed by atoms with Gasteiger partial charge in [0.2, 0.25) is 10.0 Å². The van der Waals surface area contributed by atoms with Crippen molar-refractivity contribution in [2.75, 3.05) is 5.73 Å². The first kappa shape index (κ1) is 15.5. The van der Waals surface area contributed by atoms with Crippen LogP contribution in [-0.2, 0) is 10.0 Å². The molecule has 0 aromatic heterocycles. The van der Waals surface area contributed by atoms with Crippen LogP contribution in [0.4, 0.5) is 10.1 Å². The molecule has 0 aliphatic rings. The van der Waals surface area contributed by atoms with E-state index in [9.17, 15) is 12.8 Å². The van der Waals surface area contributed by atoms with Crippen LogP contribution in [0.25, 0.3) is 0 Å². The maximum absolute atomic E-state index is 13.7. The van der Waals surface area contributed by atoms with E-state index in [0.29, 0.717) is 0 Å². The van der Waals surface area contributed by atoms with E-state index in [1.165, 1.54) is 13.0 Å². The molecular weight excluding hydrogens is 291 g/mol. The largest absolute Gasteiger partial charge is 0.398 e. The molecule has 0 saturated carbocycles. The van der Waals surface area contributed by atoms with Crippen LogP contribution in [0.15, 0.2) is 47.4 Å². The summed E-state index contributed by atoms with van der Waals surface area (Å²) < 4.78 is 40.8. The maximum Gasteiger partial charge on any atom is 0.241 e. The van der Waals surface area contributed by atoms with Crippen molar-refractivity contribution in [3.05, 3.63) is 59.4 Å². The predicted molar refractivity (Wildman–Crippen MR) is 80.7 cm³/mol. The van der Waals surface area contributed by atoms with E-state index < -0.39 is 21.9 Å². The van der Waals surface area contributed by atoms with Crippen LogP contribution in [-0.4, -0.2) is 8.42 Å². The Morgan fingerprint density at radius 3 is 2.38 bits per heavy atom. The normalized spacial score (nSPS) is 13.1. The molecule has 0 fully saturated rings. The molecule has 0 spiro atoms. The average Bonchev–Trinajstić information content (AvgIpc) is 2.44. The minimum Gasteiger partial charge on any atom is -0.398 e. The van der Waals surface area contributed by atoms with Crippen molar-refractivity contribution in [1.82, 2.24) is 4.72 Å². The Morgan fingerprint density at radius 1 is 1.19 bits per heavy atom. The number of halogens is 1. The van der Waals surface area contributed by atoms with Gasteiger partial charge >= 0.3 is 0 Å². The Labute approximate surface area is 123 Å². The number of anilines is 1. The Bertz CT molecular complexity index is 723. The van der Waals surface area contributed by atoms with Crippen molar-refractivity contribution in [3.8, 4) is 0 Å². The molecule has 0 radical (unpaired) electrons. The third kappa shape index (κ3) is 3.40. The van der Waals surface area contributed by atoms with Gasteiger partial charge in [0, 0.05) is 17.3 Å². The highest BCUT2D eigenvalue weighted by Crippen LogP contribution is 2.22. The maximum atomic E-state index is 13.7. The molecule has 0 amide bonds. The lowest BCUT2D eigenvalue weighted by Gasteiger charge is -2.15. The van der Waals surface area contributed by atoms with Gasteiger partial charge in [-0.2, -0.15) is 0 Å². The highest BCUT2D eigenvalue weighted by molar-refractivity contribution is 7.89. The van der Waals surface area contributed by atoms with Crippen LogP contribution in [0, 0.1) is 12.7 Å². The second kappa shape index (κ2) is 5.83. The van der Waals surface area contributed by atoms with E-state index >= 15 is 0 Å². The molecule has 21 heavy (non-hydrogen) atoms. The second-order valence-electron chi connectivity index (χ2n) is 4.87. The summed E-state index contributed by atoms with van der Waals surface area (Å²) in [7, 11) is -3.84. The van der Waals surface area contributed by atoms with Crippen LogP contribution in [0.3, 0.4) is 0 Å². The topological polar surface area (TPSA) is 72.2 Å². The highest BCUT2D eigenvalue weighted by Gasteiger charge is 2.20. The number of hydrogen-bond donors (Lipinski definition) is 2. The molecule has 0 unspecified atom stereocenters. The van der Waals surface area contributed by atoms with Gasteiger partial charge in [-0.1, -0.05) is 30.3 Å². The third-order valence-corrected chi connectivity index (χ3v) is 4.82. The van der Waals surface area contributed by atoms with E-state index in [-0.39, 0.29) is 16.1 Å². The first-order chi connectivity index (χ1) is 9.81. The molecule has 2 aromatic carbocycles. The zero-order valence-corrected chi connectivity index (χ0v) is 12.6. The average molecular weight is 308 g/mol. The van der Waals surface area contributed by atoms with Gasteiger partial charge in [-0.05, 0) is 31.5 Å². The Hall–Kier alpha value is -1.92. The number of sulfonamides is 1. The van der Waals surface area contributed by atoms with E-state index in [2.05, 4.69) is 4.72 Å². The lowest BCUT2D eigenvalue weighted by atomic mass is 10.1. The number of benzene rings is 2. The number of nitrogen functional groups attached to an aromatic ring is 1. The fraction of sp³-hybridized carbons (Fsp3) is 0.200. The molecule has 0 saturated heterocycles. The number of hydrogen-bond acceptors (Lipinski definition) is 3. The van der Waals surface area contributed by atoms with Gasteiger partial charge in [0.1, 0.15) is 5.82 Å². The van der Waals surface area contributed by atoms with Gasteiger partial charge in [0.05, 0.1) is 4.90 Å². The van der Waals surface area contributed by atoms with Crippen molar-refractivity contribution >= 4 is 15.7 Å². The van der Waals surface area contributed by atoms with Gasteiger partial charge < -0.3 is 5.73 Å². The molecule has 2 rings (SSSR count). The predicted octanol–water partition coefficient (Wildman–Crippen LogP) is 2.76. The highest BCUT2D eigenvalue weighted by atomic mass is 32.2. The molecule has 0 heterocycles. The van der Waals surface area contributed by atoms with Crippen molar-refractivity contribution < 1.29 is 12.8 Å². The Morgan fingerprint density at radius 2 is 1.81 bits per heavy atom. The van der Waals surface area contributed by atoms with E-state index in [1.54, 1.807) is 6.92 Å². The summed E-state index contributed by atoms with van der Waals surface area (Å²) in [5.41, 5.74) is 6.80. The van der Waals surface area contributed by atoms with Crippen molar-refractivity contribution in [2.45, 2.75) is 24.8 Å². The van der Waals surface area contributed by atoms with Crippen LogP contribution >= 0.6 is 0 Å². The Balaban J connectivity index is 2.31. The van der Waals surface area contributed by atoms with Gasteiger partial charge in [0.25, 0.3) is 0 Å². The second-order valence-corrected chi connectivity index (χ2v) is 6.59. The smallest absolute Gasteiger partial charge is 0.241 e. The minimum atomic E-state index is -3.84. The third-order valence-electron chi connectivity index (χ3n) is 3.30. The summed E-state index contributed by atoms with van der Waals surface area (Å²) >= 11 is 0. The van der Waals surface area contributed by atoms with Crippen LogP contribution in [0.2, 0.25) is 0 Å². The summed E-state index contributed by atoms with van der Waals surface area (Å²) in [6.45, 7) is 3.22. The summed E-state index contributed by atoms with van der Waals surface area (Å²) in [6, 6.07) is 10.9. The first-order valence-corrected chi connectivity index (χ1v) is 7.92. The number of nitrogens with two attached hydrogens (primary N) is 1. The van der Waals surface area contributed by atoms with Gasteiger partial charge in [-0.3, -0.25) is 0 Å². The Kier molecular flexibility index (Phi) is 4.29. The van der Waals surface area contributed by atoms with Crippen molar-refractivity contribution in [2.24, 2.45) is 0 Å². The fourth-order valence-electron chi connectivity index (χ4n) is 1.94. The summed E-state index contributed by atoms with van der Waals surface area (Å²) in [4.78, 5) is -0.175. The number of nitrogens with one attached hydrogen (secondary N) is 1. The van der Waals surface area contributed by atoms with Gasteiger partial charge in [-0.25, -0.2) is 17.5 Å². The van der Waals surface area contributed by atoms with Crippen molar-refractivity contribution in [3.63, 3.8) is 0 Å². The quantitative estimate of drug-likeness (QED) is 0.853. The number of rotatable bonds is 4. The molecule has 6 heteroatoms. The molecule has 0 aliphatic heterocycles. The SMILES string of the molecule is Cc1c(N)cc(S(=O)(=O)N[C@@H](C)c2ccccc2)cc1F. The lowest BCUT2D eigenvalue weighted by Crippen LogP contribution is -2.27. The zero-order valence-electron chi connectivity index (χ0n) is 11.8. The molecule has 1 atom stereocenters. The molecule has 2 aromatic rings. The summed E-state index contributed by atoms with van der Waals surface area (Å²) in [6.07, 6.45) is 0. The molecule has 3 N–H and O–H groups in total. The van der Waals surface area contributed by atoms with Crippen LogP contribution < -0.4 is 10.5 Å². The van der Waals surface area contributed by atoms with Crippen LogP contribution in [0.5, 0.6) is 0 Å². The first-order valence-electron chi connectivity index (χ1n) is 6.44. The van der Waals surface area contributed by atoms with Gasteiger partial charge in [0.15, 0.2) is 0 Å². The lowest BCUT2D eigenvalue weighted by molar-refractivity contribution is 0.563. The molecular formula is C15H17FN2O2S. The molecule has 0 bridgehead atoms. The van der Waals surface area contributed by atoms with Gasteiger partial charge in [-0.15, -0.1) is 0 Å². The fourth-order valence-corrected chi connectivity index (χ4v) is 3.22. The molecule has 4 nitrogen and oxygen atoms in total. The standard InChI is InChI=1S/C15H17FN2O2S/c1-10-14(16)8-13(9-15(10)17)21(19,20)18-11(2)12-6-4-3-5-7-12/h3-9,11,18H,17H2,1-2H3/t11-/m0/s1. The monoisotopic (exact) mass is 308 g/mol. The van der Waals surface area contributed by atoms with E-state index in [0.717, 1.165) is 11.6 Å². The van der Waals surface area contributed by atoms with Crippen LogP contribution in [0.1, 0.15) is 24.1 Å². The zero-order chi connectivity index (χ0) is 15.6. The molecule has 0 aliphatic carbocycles.